The van der Waals surface area contributed by atoms with Crippen molar-refractivity contribution in [3.8, 4) is 17.1 Å². The summed E-state index contributed by atoms with van der Waals surface area (Å²) in [6.07, 6.45) is 5.23. The highest BCUT2D eigenvalue weighted by molar-refractivity contribution is 6.38. The molecule has 0 bridgehead atoms. The predicted octanol–water partition coefficient (Wildman–Crippen LogP) is 3.12. The summed E-state index contributed by atoms with van der Waals surface area (Å²) in [7, 11) is 0. The smallest absolute Gasteiger partial charge is 0.289 e. The van der Waals surface area contributed by atoms with Crippen molar-refractivity contribution >= 4 is 17.6 Å². The number of carbonyl (C=O) groups excluding carboxylic acids is 3. The maximum Gasteiger partial charge on any atom is 0.289 e. The molecule has 0 aliphatic heterocycles. The van der Waals surface area contributed by atoms with Gasteiger partial charge in [-0.2, -0.15) is 5.10 Å². The standard InChI is InChI=1S/C28H25N5O3/c34-25(28(36)30-21-13-14-21)24(18-19-8-3-1-4-9-19)31-27(35)22-12-7-16-29-26(22)33-17-15-23(32-33)20-10-5-2-6-11-20/h1-12,15-17,21,24H,13-14,18H2,(H,30,36)(H,31,35). The Morgan fingerprint density at radius 2 is 1.64 bits per heavy atom. The molecule has 5 rings (SSSR count). The van der Waals surface area contributed by atoms with Gasteiger partial charge in [-0.1, -0.05) is 60.7 Å². The first-order valence-corrected chi connectivity index (χ1v) is 11.8. The van der Waals surface area contributed by atoms with Crippen molar-refractivity contribution in [3.05, 3.63) is 102 Å². The van der Waals surface area contributed by atoms with E-state index in [-0.39, 0.29) is 18.0 Å². The van der Waals surface area contributed by atoms with Crippen LogP contribution in [-0.4, -0.2) is 44.4 Å². The summed E-state index contributed by atoms with van der Waals surface area (Å²) in [4.78, 5) is 43.3. The van der Waals surface area contributed by atoms with Crippen LogP contribution in [-0.2, 0) is 16.0 Å². The maximum atomic E-state index is 13.4. The molecule has 2 aromatic heterocycles. The third kappa shape index (κ3) is 5.38. The minimum atomic E-state index is -1.02. The van der Waals surface area contributed by atoms with Crippen LogP contribution in [0.1, 0.15) is 28.8 Å². The van der Waals surface area contributed by atoms with Gasteiger partial charge in [0.05, 0.1) is 11.3 Å². The van der Waals surface area contributed by atoms with Gasteiger partial charge in [0, 0.05) is 30.4 Å². The Morgan fingerprint density at radius 1 is 0.917 bits per heavy atom. The third-order valence-electron chi connectivity index (χ3n) is 5.95. The Morgan fingerprint density at radius 3 is 2.36 bits per heavy atom. The second-order valence-corrected chi connectivity index (χ2v) is 8.71. The van der Waals surface area contributed by atoms with E-state index in [1.54, 1.807) is 24.5 Å². The zero-order chi connectivity index (χ0) is 24.9. The van der Waals surface area contributed by atoms with E-state index < -0.39 is 23.6 Å². The molecule has 2 amide bonds. The van der Waals surface area contributed by atoms with E-state index in [1.165, 1.54) is 4.68 Å². The third-order valence-corrected chi connectivity index (χ3v) is 5.95. The van der Waals surface area contributed by atoms with Crippen LogP contribution in [0.5, 0.6) is 0 Å². The number of nitrogens with one attached hydrogen (secondary N) is 2. The van der Waals surface area contributed by atoms with Crippen molar-refractivity contribution in [2.45, 2.75) is 31.3 Å². The van der Waals surface area contributed by atoms with Gasteiger partial charge in [-0.05, 0) is 36.6 Å². The number of pyridine rings is 1. The van der Waals surface area contributed by atoms with E-state index in [9.17, 15) is 14.4 Å². The van der Waals surface area contributed by atoms with Gasteiger partial charge in [0.1, 0.15) is 6.04 Å². The fraction of sp³-hybridized carbons (Fsp3) is 0.179. The summed E-state index contributed by atoms with van der Waals surface area (Å²) in [6.45, 7) is 0. The Bertz CT molecular complexity index is 1380. The summed E-state index contributed by atoms with van der Waals surface area (Å²) in [5, 5.41) is 10.1. The summed E-state index contributed by atoms with van der Waals surface area (Å²) >= 11 is 0. The molecule has 180 valence electrons. The zero-order valence-corrected chi connectivity index (χ0v) is 19.5. The average Bonchev–Trinajstić information content (AvgIpc) is 3.60. The molecule has 0 radical (unpaired) electrons. The Hall–Kier alpha value is -4.59. The van der Waals surface area contributed by atoms with Crippen LogP contribution in [0.3, 0.4) is 0 Å². The van der Waals surface area contributed by atoms with Gasteiger partial charge in [0.2, 0.25) is 5.78 Å². The molecule has 2 aromatic carbocycles. The van der Waals surface area contributed by atoms with Gasteiger partial charge in [-0.25, -0.2) is 9.67 Å². The average molecular weight is 480 g/mol. The van der Waals surface area contributed by atoms with Crippen molar-refractivity contribution in [2.24, 2.45) is 0 Å². The van der Waals surface area contributed by atoms with Crippen LogP contribution in [0.15, 0.2) is 91.3 Å². The number of hydrogen-bond donors (Lipinski definition) is 2. The van der Waals surface area contributed by atoms with Crippen molar-refractivity contribution in [1.82, 2.24) is 25.4 Å². The van der Waals surface area contributed by atoms with E-state index in [2.05, 4.69) is 20.7 Å². The lowest BCUT2D eigenvalue weighted by Crippen LogP contribution is -2.49. The first-order chi connectivity index (χ1) is 17.6. The van der Waals surface area contributed by atoms with Crippen LogP contribution in [0.25, 0.3) is 17.1 Å². The van der Waals surface area contributed by atoms with Crippen molar-refractivity contribution < 1.29 is 14.4 Å². The fourth-order valence-electron chi connectivity index (χ4n) is 3.90. The highest BCUT2D eigenvalue weighted by atomic mass is 16.2. The number of Topliss-reactive ketones (excluding diaryl/α,β-unsaturated/α-hetero) is 1. The van der Waals surface area contributed by atoms with Gasteiger partial charge < -0.3 is 10.6 Å². The number of aromatic nitrogens is 3. The summed E-state index contributed by atoms with van der Waals surface area (Å²) < 4.78 is 1.53. The molecule has 2 N–H and O–H groups in total. The molecule has 2 heterocycles. The topological polar surface area (TPSA) is 106 Å². The van der Waals surface area contributed by atoms with Crippen molar-refractivity contribution in [2.75, 3.05) is 0 Å². The highest BCUT2D eigenvalue weighted by Crippen LogP contribution is 2.20. The lowest BCUT2D eigenvalue weighted by Gasteiger charge is -2.18. The zero-order valence-electron chi connectivity index (χ0n) is 19.5. The second kappa shape index (κ2) is 10.4. The Balaban J connectivity index is 1.40. The minimum Gasteiger partial charge on any atom is -0.347 e. The molecule has 1 atom stereocenters. The predicted molar refractivity (Wildman–Crippen MR) is 134 cm³/mol. The van der Waals surface area contributed by atoms with Gasteiger partial charge >= 0.3 is 0 Å². The highest BCUT2D eigenvalue weighted by Gasteiger charge is 2.32. The number of amides is 2. The monoisotopic (exact) mass is 479 g/mol. The summed E-state index contributed by atoms with van der Waals surface area (Å²) in [6, 6.07) is 23.1. The van der Waals surface area contributed by atoms with Gasteiger partial charge in [-0.15, -0.1) is 0 Å². The van der Waals surface area contributed by atoms with E-state index in [0.29, 0.717) is 5.82 Å². The lowest BCUT2D eigenvalue weighted by atomic mass is 10.0. The number of rotatable bonds is 9. The first kappa shape index (κ1) is 23.2. The summed E-state index contributed by atoms with van der Waals surface area (Å²) in [5.74, 6) is -1.53. The maximum absolute atomic E-state index is 13.4. The van der Waals surface area contributed by atoms with Crippen molar-refractivity contribution in [3.63, 3.8) is 0 Å². The van der Waals surface area contributed by atoms with Gasteiger partial charge in [0.25, 0.3) is 11.8 Å². The molecule has 0 spiro atoms. The van der Waals surface area contributed by atoms with Gasteiger partial charge in [0.15, 0.2) is 5.82 Å². The lowest BCUT2D eigenvalue weighted by molar-refractivity contribution is -0.139. The number of nitrogens with zero attached hydrogens (tertiary/aromatic N) is 3. The molecule has 4 aromatic rings. The molecule has 1 aliphatic rings. The number of hydrogen-bond acceptors (Lipinski definition) is 5. The van der Waals surface area contributed by atoms with E-state index in [1.807, 2.05) is 66.7 Å². The van der Waals surface area contributed by atoms with Crippen LogP contribution in [0.2, 0.25) is 0 Å². The molecule has 1 unspecified atom stereocenters. The molecule has 1 saturated carbocycles. The quantitative estimate of drug-likeness (QED) is 0.359. The van der Waals surface area contributed by atoms with E-state index >= 15 is 0 Å². The SMILES string of the molecule is O=C(NC1CC1)C(=O)C(Cc1ccccc1)NC(=O)c1cccnc1-n1ccc(-c2ccccc2)n1. The molecule has 1 fully saturated rings. The van der Waals surface area contributed by atoms with Crippen molar-refractivity contribution in [1.29, 1.82) is 0 Å². The van der Waals surface area contributed by atoms with E-state index in [0.717, 1.165) is 29.7 Å². The number of carbonyl (C=O) groups is 3. The normalized spacial score (nSPS) is 13.6. The van der Waals surface area contributed by atoms with Crippen LogP contribution in [0, 0.1) is 0 Å². The molecule has 8 nitrogen and oxygen atoms in total. The largest absolute Gasteiger partial charge is 0.347 e. The molecule has 0 saturated heterocycles. The van der Waals surface area contributed by atoms with Crippen LogP contribution in [0.4, 0.5) is 0 Å². The van der Waals surface area contributed by atoms with Gasteiger partial charge in [-0.3, -0.25) is 14.4 Å². The first-order valence-electron chi connectivity index (χ1n) is 11.8. The van der Waals surface area contributed by atoms with Crippen LogP contribution < -0.4 is 10.6 Å². The van der Waals surface area contributed by atoms with Crippen LogP contribution >= 0.6 is 0 Å². The molecule has 1 aliphatic carbocycles. The molecule has 8 heteroatoms. The Labute approximate surface area is 208 Å². The Kier molecular flexibility index (Phi) is 6.66. The minimum absolute atomic E-state index is 0.0399. The van der Waals surface area contributed by atoms with E-state index in [4.69, 9.17) is 0 Å². The number of benzene rings is 2. The summed E-state index contributed by atoms with van der Waals surface area (Å²) in [5.41, 5.74) is 2.75. The molecule has 36 heavy (non-hydrogen) atoms. The molecular formula is C28H25N5O3. The fourth-order valence-corrected chi connectivity index (χ4v) is 3.90. The number of ketones is 1. The second-order valence-electron chi connectivity index (χ2n) is 8.71. The molecular weight excluding hydrogens is 454 g/mol.